The van der Waals surface area contributed by atoms with Crippen molar-refractivity contribution in [1.82, 2.24) is 10.2 Å². The van der Waals surface area contributed by atoms with Crippen LogP contribution in [0.15, 0.2) is 30.5 Å². The van der Waals surface area contributed by atoms with E-state index in [0.717, 1.165) is 16.8 Å². The predicted molar refractivity (Wildman–Crippen MR) is 54.7 cm³/mol. The van der Waals surface area contributed by atoms with Crippen LogP contribution in [0.25, 0.3) is 11.1 Å². The molecule has 0 atom stereocenters. The van der Waals surface area contributed by atoms with Gasteiger partial charge in [-0.2, -0.15) is 5.10 Å². The number of aliphatic hydroxyl groups is 1. The second kappa shape index (κ2) is 3.64. The van der Waals surface area contributed by atoms with Crippen molar-refractivity contribution in [2.45, 2.75) is 13.5 Å². The molecule has 14 heavy (non-hydrogen) atoms. The van der Waals surface area contributed by atoms with Crippen molar-refractivity contribution in [2.24, 2.45) is 0 Å². The van der Waals surface area contributed by atoms with Crippen LogP contribution in [-0.4, -0.2) is 15.3 Å². The van der Waals surface area contributed by atoms with E-state index in [1.54, 1.807) is 6.20 Å². The Morgan fingerprint density at radius 1 is 1.29 bits per heavy atom. The summed E-state index contributed by atoms with van der Waals surface area (Å²) in [4.78, 5) is 0. The van der Waals surface area contributed by atoms with E-state index in [9.17, 15) is 0 Å². The van der Waals surface area contributed by atoms with E-state index in [-0.39, 0.29) is 6.61 Å². The number of aromatic nitrogens is 2. The van der Waals surface area contributed by atoms with E-state index in [2.05, 4.69) is 10.2 Å². The molecule has 0 fully saturated rings. The van der Waals surface area contributed by atoms with Crippen molar-refractivity contribution >= 4 is 0 Å². The van der Waals surface area contributed by atoms with Gasteiger partial charge in [-0.15, -0.1) is 0 Å². The summed E-state index contributed by atoms with van der Waals surface area (Å²) in [7, 11) is 0. The average Bonchev–Trinajstić information content (AvgIpc) is 2.66. The highest BCUT2D eigenvalue weighted by atomic mass is 16.3. The van der Waals surface area contributed by atoms with Crippen molar-refractivity contribution in [3.8, 4) is 11.1 Å². The van der Waals surface area contributed by atoms with Gasteiger partial charge in [-0.3, -0.25) is 5.10 Å². The molecule has 2 N–H and O–H groups in total. The molecule has 1 aromatic heterocycles. The smallest absolute Gasteiger partial charge is 0.0853 e. The second-order valence-electron chi connectivity index (χ2n) is 3.24. The Labute approximate surface area is 82.4 Å². The second-order valence-corrected chi connectivity index (χ2v) is 3.24. The number of nitrogens with one attached hydrogen (secondary N) is 1. The largest absolute Gasteiger partial charge is 0.390 e. The van der Waals surface area contributed by atoms with Gasteiger partial charge in [-0.05, 0) is 18.1 Å². The number of aliphatic hydroxyl groups excluding tert-OH is 1. The molecule has 1 aromatic carbocycles. The first kappa shape index (κ1) is 8.97. The SMILES string of the molecule is Cc1ccccc1-c1cn[nH]c1CO. The molecule has 0 aliphatic carbocycles. The summed E-state index contributed by atoms with van der Waals surface area (Å²) in [5, 5.41) is 15.8. The zero-order valence-electron chi connectivity index (χ0n) is 7.99. The Balaban J connectivity index is 2.54. The van der Waals surface area contributed by atoms with Crippen LogP contribution < -0.4 is 0 Å². The summed E-state index contributed by atoms with van der Waals surface area (Å²) in [6.45, 7) is 2.03. The molecular weight excluding hydrogens is 176 g/mol. The van der Waals surface area contributed by atoms with Gasteiger partial charge in [-0.1, -0.05) is 24.3 Å². The molecule has 0 unspecified atom stereocenters. The predicted octanol–water partition coefficient (Wildman–Crippen LogP) is 1.88. The molecule has 0 radical (unpaired) electrons. The Kier molecular flexibility index (Phi) is 2.33. The topological polar surface area (TPSA) is 48.9 Å². The molecule has 0 amide bonds. The van der Waals surface area contributed by atoms with E-state index >= 15 is 0 Å². The van der Waals surface area contributed by atoms with E-state index in [1.165, 1.54) is 5.56 Å². The van der Waals surface area contributed by atoms with E-state index in [4.69, 9.17) is 5.11 Å². The number of rotatable bonds is 2. The van der Waals surface area contributed by atoms with Crippen LogP contribution >= 0.6 is 0 Å². The van der Waals surface area contributed by atoms with Crippen molar-refractivity contribution < 1.29 is 5.11 Å². The first-order valence-electron chi connectivity index (χ1n) is 4.52. The van der Waals surface area contributed by atoms with Gasteiger partial charge < -0.3 is 5.11 Å². The normalized spacial score (nSPS) is 10.4. The summed E-state index contributed by atoms with van der Waals surface area (Å²) in [5.74, 6) is 0. The molecule has 2 aromatic rings. The van der Waals surface area contributed by atoms with E-state index in [1.807, 2.05) is 31.2 Å². The summed E-state index contributed by atoms with van der Waals surface area (Å²) in [5.41, 5.74) is 4.04. The Morgan fingerprint density at radius 3 is 2.79 bits per heavy atom. The van der Waals surface area contributed by atoms with Gasteiger partial charge in [0.1, 0.15) is 0 Å². The van der Waals surface area contributed by atoms with Crippen LogP contribution in [0.3, 0.4) is 0 Å². The van der Waals surface area contributed by atoms with Gasteiger partial charge >= 0.3 is 0 Å². The maximum Gasteiger partial charge on any atom is 0.0853 e. The molecule has 2 rings (SSSR count). The number of benzene rings is 1. The monoisotopic (exact) mass is 188 g/mol. The van der Waals surface area contributed by atoms with Gasteiger partial charge in [0.15, 0.2) is 0 Å². The number of nitrogens with zero attached hydrogens (tertiary/aromatic N) is 1. The van der Waals surface area contributed by atoms with Gasteiger partial charge in [0, 0.05) is 5.56 Å². The van der Waals surface area contributed by atoms with Crippen LogP contribution in [0.2, 0.25) is 0 Å². The standard InChI is InChI=1S/C11H12N2O/c1-8-4-2-3-5-9(8)10-6-12-13-11(10)7-14/h2-6,14H,7H2,1H3,(H,12,13). The lowest BCUT2D eigenvalue weighted by Gasteiger charge is -2.03. The fourth-order valence-corrected chi connectivity index (χ4v) is 1.54. The number of H-pyrrole nitrogens is 1. The summed E-state index contributed by atoms with van der Waals surface area (Å²) < 4.78 is 0. The van der Waals surface area contributed by atoms with E-state index < -0.39 is 0 Å². The molecule has 3 heteroatoms. The molecule has 0 aliphatic rings. The van der Waals surface area contributed by atoms with Gasteiger partial charge in [-0.25, -0.2) is 0 Å². The lowest BCUT2D eigenvalue weighted by Crippen LogP contribution is -1.88. The molecule has 0 aliphatic heterocycles. The van der Waals surface area contributed by atoms with Crippen molar-refractivity contribution in [3.05, 3.63) is 41.7 Å². The minimum atomic E-state index is -0.0103. The zero-order chi connectivity index (χ0) is 9.97. The highest BCUT2D eigenvalue weighted by Crippen LogP contribution is 2.24. The Hall–Kier alpha value is -1.61. The van der Waals surface area contributed by atoms with Gasteiger partial charge in [0.25, 0.3) is 0 Å². The minimum Gasteiger partial charge on any atom is -0.390 e. The Bertz CT molecular complexity index is 434. The van der Waals surface area contributed by atoms with Crippen LogP contribution in [0.1, 0.15) is 11.3 Å². The van der Waals surface area contributed by atoms with Crippen molar-refractivity contribution in [3.63, 3.8) is 0 Å². The van der Waals surface area contributed by atoms with Crippen LogP contribution in [-0.2, 0) is 6.61 Å². The first-order valence-corrected chi connectivity index (χ1v) is 4.52. The minimum absolute atomic E-state index is 0.0103. The third-order valence-electron chi connectivity index (χ3n) is 2.31. The first-order chi connectivity index (χ1) is 6.83. The fourth-order valence-electron chi connectivity index (χ4n) is 1.54. The molecule has 0 spiro atoms. The summed E-state index contributed by atoms with van der Waals surface area (Å²) >= 11 is 0. The molecule has 0 bridgehead atoms. The summed E-state index contributed by atoms with van der Waals surface area (Å²) in [6.07, 6.45) is 1.74. The maximum absolute atomic E-state index is 9.09. The zero-order valence-corrected chi connectivity index (χ0v) is 7.99. The third-order valence-corrected chi connectivity index (χ3v) is 2.31. The quantitative estimate of drug-likeness (QED) is 0.756. The molecule has 72 valence electrons. The highest BCUT2D eigenvalue weighted by Gasteiger charge is 2.07. The van der Waals surface area contributed by atoms with Gasteiger partial charge in [0.2, 0.25) is 0 Å². The summed E-state index contributed by atoms with van der Waals surface area (Å²) in [6, 6.07) is 8.05. The fraction of sp³-hybridized carbons (Fsp3) is 0.182. The molecule has 0 saturated heterocycles. The van der Waals surface area contributed by atoms with Gasteiger partial charge in [0.05, 0.1) is 18.5 Å². The number of hydrogen-bond acceptors (Lipinski definition) is 2. The van der Waals surface area contributed by atoms with Crippen molar-refractivity contribution in [2.75, 3.05) is 0 Å². The lowest BCUT2D eigenvalue weighted by atomic mass is 10.0. The molecule has 1 heterocycles. The highest BCUT2D eigenvalue weighted by molar-refractivity contribution is 5.68. The van der Waals surface area contributed by atoms with Crippen molar-refractivity contribution in [1.29, 1.82) is 0 Å². The number of aromatic amines is 1. The molecular formula is C11H12N2O. The van der Waals surface area contributed by atoms with Crippen LogP contribution in [0.5, 0.6) is 0 Å². The average molecular weight is 188 g/mol. The Morgan fingerprint density at radius 2 is 2.07 bits per heavy atom. The molecule has 3 nitrogen and oxygen atoms in total. The number of aryl methyl sites for hydroxylation is 1. The van der Waals surface area contributed by atoms with Crippen LogP contribution in [0, 0.1) is 6.92 Å². The number of hydrogen-bond donors (Lipinski definition) is 2. The van der Waals surface area contributed by atoms with Crippen LogP contribution in [0.4, 0.5) is 0 Å². The third kappa shape index (κ3) is 1.42. The molecule has 0 saturated carbocycles. The maximum atomic E-state index is 9.09. The lowest BCUT2D eigenvalue weighted by molar-refractivity contribution is 0.277. The van der Waals surface area contributed by atoms with E-state index in [0.29, 0.717) is 0 Å².